The van der Waals surface area contributed by atoms with Crippen LogP contribution in [-0.2, 0) is 6.42 Å². The molecule has 7 heteroatoms. The summed E-state index contributed by atoms with van der Waals surface area (Å²) in [5.41, 5.74) is 0. The van der Waals surface area contributed by atoms with Crippen molar-refractivity contribution in [1.82, 2.24) is 19.6 Å². The Morgan fingerprint density at radius 2 is 2.11 bits per heavy atom. The van der Waals surface area contributed by atoms with Gasteiger partial charge >= 0.3 is 0 Å². The Morgan fingerprint density at radius 1 is 1.28 bits per heavy atom. The fourth-order valence-corrected chi connectivity index (χ4v) is 4.45. The van der Waals surface area contributed by atoms with E-state index in [1.807, 2.05) is 0 Å². The summed E-state index contributed by atoms with van der Waals surface area (Å²) in [7, 11) is 0. The smallest absolute Gasteiger partial charge is 0.181 e. The topological polar surface area (TPSA) is 51.6 Å². The summed E-state index contributed by atoms with van der Waals surface area (Å²) in [6.07, 6.45) is 3.49. The summed E-state index contributed by atoms with van der Waals surface area (Å²) in [6, 6.07) is 0. The van der Waals surface area contributed by atoms with Crippen molar-refractivity contribution >= 4 is 34.6 Å². The average Bonchev–Trinajstić information content (AvgIpc) is 2.92. The Kier molecular flexibility index (Phi) is 3.63. The van der Waals surface area contributed by atoms with Crippen LogP contribution in [0.15, 0.2) is 8.68 Å². The Bertz CT molecular complexity index is 530. The molecule has 0 aliphatic heterocycles. The van der Waals surface area contributed by atoms with Gasteiger partial charge in [-0.2, -0.15) is 4.37 Å². The molecular formula is C11H14N4S3. The van der Waals surface area contributed by atoms with Crippen molar-refractivity contribution in [2.75, 3.05) is 0 Å². The maximum atomic E-state index is 4.52. The highest BCUT2D eigenvalue weighted by Gasteiger charge is 2.27. The second-order valence-electron chi connectivity index (χ2n) is 4.86. The first-order valence-electron chi connectivity index (χ1n) is 6.04. The fourth-order valence-electron chi connectivity index (χ4n) is 1.56. The molecule has 0 radical (unpaired) electrons. The van der Waals surface area contributed by atoms with Crippen LogP contribution in [0, 0.1) is 5.92 Å². The molecule has 0 amide bonds. The van der Waals surface area contributed by atoms with E-state index in [-0.39, 0.29) is 0 Å². The van der Waals surface area contributed by atoms with Gasteiger partial charge in [-0.25, -0.2) is 4.98 Å². The van der Waals surface area contributed by atoms with Crippen molar-refractivity contribution < 1.29 is 0 Å². The molecule has 2 heterocycles. The van der Waals surface area contributed by atoms with Crippen molar-refractivity contribution in [1.29, 1.82) is 0 Å². The molecule has 2 aromatic heterocycles. The fraction of sp³-hybridized carbons (Fsp3) is 0.636. The molecule has 1 saturated carbocycles. The molecule has 0 atom stereocenters. The van der Waals surface area contributed by atoms with E-state index in [9.17, 15) is 0 Å². The van der Waals surface area contributed by atoms with Gasteiger partial charge in [-0.1, -0.05) is 25.2 Å². The van der Waals surface area contributed by atoms with E-state index < -0.39 is 0 Å². The molecule has 1 aliphatic rings. The SMILES string of the molecule is CC(C)Cc1nsc(Sc2nnc(C3CC3)s2)n1. The van der Waals surface area contributed by atoms with Gasteiger partial charge in [0, 0.05) is 12.3 Å². The molecule has 0 spiro atoms. The highest BCUT2D eigenvalue weighted by Crippen LogP contribution is 2.43. The van der Waals surface area contributed by atoms with Crippen molar-refractivity contribution in [2.45, 2.75) is 47.7 Å². The van der Waals surface area contributed by atoms with Crippen LogP contribution in [0.2, 0.25) is 0 Å². The second-order valence-corrected chi connectivity index (χ2v) is 8.11. The van der Waals surface area contributed by atoms with Gasteiger partial charge in [-0.3, -0.25) is 0 Å². The predicted molar refractivity (Wildman–Crippen MR) is 74.5 cm³/mol. The van der Waals surface area contributed by atoms with Gasteiger partial charge in [0.1, 0.15) is 10.8 Å². The van der Waals surface area contributed by atoms with Gasteiger partial charge in [-0.05, 0) is 42.1 Å². The monoisotopic (exact) mass is 298 g/mol. The van der Waals surface area contributed by atoms with Crippen molar-refractivity contribution in [3.8, 4) is 0 Å². The van der Waals surface area contributed by atoms with Crippen LogP contribution >= 0.6 is 34.6 Å². The van der Waals surface area contributed by atoms with Crippen LogP contribution in [0.25, 0.3) is 0 Å². The largest absolute Gasteiger partial charge is 0.213 e. The Morgan fingerprint density at radius 3 is 2.83 bits per heavy atom. The second kappa shape index (κ2) is 5.22. The summed E-state index contributed by atoms with van der Waals surface area (Å²) in [5.74, 6) is 2.23. The third kappa shape index (κ3) is 3.07. The summed E-state index contributed by atoms with van der Waals surface area (Å²) in [6.45, 7) is 4.36. The van der Waals surface area contributed by atoms with Crippen LogP contribution in [0.3, 0.4) is 0 Å². The van der Waals surface area contributed by atoms with Crippen LogP contribution in [0.4, 0.5) is 0 Å². The molecule has 18 heavy (non-hydrogen) atoms. The van der Waals surface area contributed by atoms with E-state index in [0.29, 0.717) is 11.8 Å². The zero-order chi connectivity index (χ0) is 12.5. The summed E-state index contributed by atoms with van der Waals surface area (Å²) >= 11 is 4.75. The predicted octanol–water partition coefficient (Wildman–Crippen LogP) is 3.62. The minimum Gasteiger partial charge on any atom is -0.213 e. The highest BCUT2D eigenvalue weighted by atomic mass is 32.2. The zero-order valence-corrected chi connectivity index (χ0v) is 12.7. The molecule has 96 valence electrons. The van der Waals surface area contributed by atoms with Gasteiger partial charge in [0.15, 0.2) is 8.68 Å². The Labute approximate surface area is 118 Å². The third-order valence-electron chi connectivity index (χ3n) is 2.56. The summed E-state index contributed by atoms with van der Waals surface area (Å²) in [4.78, 5) is 4.52. The maximum Gasteiger partial charge on any atom is 0.181 e. The van der Waals surface area contributed by atoms with E-state index >= 15 is 0 Å². The first kappa shape index (κ1) is 12.5. The first-order chi connectivity index (χ1) is 8.70. The quantitative estimate of drug-likeness (QED) is 0.844. The first-order valence-corrected chi connectivity index (χ1v) is 8.45. The van der Waals surface area contributed by atoms with Crippen LogP contribution in [0.5, 0.6) is 0 Å². The molecule has 0 aromatic carbocycles. The van der Waals surface area contributed by atoms with Crippen molar-refractivity contribution in [3.05, 3.63) is 10.8 Å². The molecular weight excluding hydrogens is 284 g/mol. The lowest BCUT2D eigenvalue weighted by molar-refractivity contribution is 0.625. The standard InChI is InChI=1S/C11H14N4S3/c1-6(2)5-8-12-10(18-15-8)17-11-14-13-9(16-11)7-3-4-7/h6-7H,3-5H2,1-2H3. The van der Waals surface area contributed by atoms with E-state index in [1.54, 1.807) is 23.1 Å². The molecule has 1 aliphatic carbocycles. The van der Waals surface area contributed by atoms with E-state index in [1.165, 1.54) is 29.4 Å². The van der Waals surface area contributed by atoms with Crippen molar-refractivity contribution in [2.24, 2.45) is 5.92 Å². The van der Waals surface area contributed by atoms with Gasteiger partial charge < -0.3 is 0 Å². The van der Waals surface area contributed by atoms with Crippen LogP contribution in [-0.4, -0.2) is 19.6 Å². The maximum absolute atomic E-state index is 4.52. The Balaban J connectivity index is 1.65. The minimum absolute atomic E-state index is 0.598. The Hall–Kier alpha value is -0.530. The normalized spacial score (nSPS) is 15.5. The average molecular weight is 298 g/mol. The lowest BCUT2D eigenvalue weighted by Crippen LogP contribution is -1.95. The van der Waals surface area contributed by atoms with E-state index in [2.05, 4.69) is 33.4 Å². The third-order valence-corrected chi connectivity index (χ3v) is 5.49. The van der Waals surface area contributed by atoms with Crippen LogP contribution in [0.1, 0.15) is 43.4 Å². The van der Waals surface area contributed by atoms with Gasteiger partial charge in [-0.15, -0.1) is 10.2 Å². The molecule has 4 nitrogen and oxygen atoms in total. The number of nitrogens with zero attached hydrogens (tertiary/aromatic N) is 4. The number of hydrogen-bond donors (Lipinski definition) is 0. The minimum atomic E-state index is 0.598. The lowest BCUT2D eigenvalue weighted by Gasteiger charge is -1.97. The highest BCUT2D eigenvalue weighted by molar-refractivity contribution is 8.02. The molecule has 0 unspecified atom stereocenters. The molecule has 2 aromatic rings. The van der Waals surface area contributed by atoms with E-state index in [4.69, 9.17) is 0 Å². The molecule has 0 bridgehead atoms. The molecule has 0 N–H and O–H groups in total. The molecule has 1 fully saturated rings. The van der Waals surface area contributed by atoms with Gasteiger partial charge in [0.25, 0.3) is 0 Å². The summed E-state index contributed by atoms with van der Waals surface area (Å²) in [5, 5.41) is 9.63. The van der Waals surface area contributed by atoms with Gasteiger partial charge in [0.05, 0.1) is 0 Å². The van der Waals surface area contributed by atoms with Crippen LogP contribution < -0.4 is 0 Å². The number of rotatable bonds is 5. The molecule has 3 rings (SSSR count). The summed E-state index contributed by atoms with van der Waals surface area (Å²) < 4.78 is 6.34. The zero-order valence-electron chi connectivity index (χ0n) is 10.3. The molecule has 0 saturated heterocycles. The number of aromatic nitrogens is 4. The van der Waals surface area contributed by atoms with Gasteiger partial charge in [0.2, 0.25) is 0 Å². The number of hydrogen-bond acceptors (Lipinski definition) is 7. The lowest BCUT2D eigenvalue weighted by atomic mass is 10.1. The van der Waals surface area contributed by atoms with E-state index in [0.717, 1.165) is 20.9 Å². The van der Waals surface area contributed by atoms with Crippen molar-refractivity contribution in [3.63, 3.8) is 0 Å².